The first-order chi connectivity index (χ1) is 13.2. The number of nitro benzene ring substituents is 1. The van der Waals surface area contributed by atoms with Crippen LogP contribution >= 0.6 is 0 Å². The SMILES string of the molecule is Cc1ccc(S(=O)(=O)N2CCN(C(=O)c3cccc(C)c3[N+](=O)[O-])CC2)cc1. The first kappa shape index (κ1) is 20.0. The van der Waals surface area contributed by atoms with Crippen LogP contribution in [0.25, 0.3) is 0 Å². The van der Waals surface area contributed by atoms with Crippen LogP contribution in [0.4, 0.5) is 5.69 Å². The van der Waals surface area contributed by atoms with Crippen molar-refractivity contribution in [1.29, 1.82) is 0 Å². The van der Waals surface area contributed by atoms with Crippen LogP contribution in [0.1, 0.15) is 21.5 Å². The molecule has 0 radical (unpaired) electrons. The van der Waals surface area contributed by atoms with Crippen LogP contribution in [0, 0.1) is 24.0 Å². The van der Waals surface area contributed by atoms with Crippen molar-refractivity contribution < 1.29 is 18.1 Å². The standard InChI is InChI=1S/C19H21N3O5S/c1-14-6-8-16(9-7-14)28(26,27)21-12-10-20(11-13-21)19(23)17-5-3-4-15(2)18(17)22(24)25/h3-9H,10-13H2,1-2H3. The molecule has 148 valence electrons. The van der Waals surface area contributed by atoms with Gasteiger partial charge in [-0.2, -0.15) is 4.31 Å². The Labute approximate surface area is 163 Å². The van der Waals surface area contributed by atoms with Crippen molar-refractivity contribution in [1.82, 2.24) is 9.21 Å². The zero-order valence-corrected chi connectivity index (χ0v) is 16.5. The number of amides is 1. The zero-order chi connectivity index (χ0) is 20.5. The Morgan fingerprint density at radius 2 is 1.61 bits per heavy atom. The van der Waals surface area contributed by atoms with Gasteiger partial charge in [-0.15, -0.1) is 0 Å². The molecule has 0 atom stereocenters. The summed E-state index contributed by atoms with van der Waals surface area (Å²) in [6, 6.07) is 11.2. The zero-order valence-electron chi connectivity index (χ0n) is 15.7. The molecule has 1 heterocycles. The summed E-state index contributed by atoms with van der Waals surface area (Å²) in [5.74, 6) is -0.456. The lowest BCUT2D eigenvalue weighted by Crippen LogP contribution is -2.50. The second-order valence-corrected chi connectivity index (χ2v) is 8.68. The van der Waals surface area contributed by atoms with E-state index >= 15 is 0 Å². The highest BCUT2D eigenvalue weighted by molar-refractivity contribution is 7.89. The largest absolute Gasteiger partial charge is 0.336 e. The minimum Gasteiger partial charge on any atom is -0.336 e. The van der Waals surface area contributed by atoms with Crippen LogP contribution in [0.2, 0.25) is 0 Å². The van der Waals surface area contributed by atoms with Crippen LogP contribution in [0.5, 0.6) is 0 Å². The first-order valence-corrected chi connectivity index (χ1v) is 10.3. The molecule has 2 aromatic carbocycles. The fourth-order valence-electron chi connectivity index (χ4n) is 3.24. The van der Waals surface area contributed by atoms with Gasteiger partial charge in [-0.05, 0) is 32.0 Å². The van der Waals surface area contributed by atoms with Crippen LogP contribution in [-0.2, 0) is 10.0 Å². The van der Waals surface area contributed by atoms with E-state index in [1.54, 1.807) is 43.3 Å². The van der Waals surface area contributed by atoms with E-state index in [9.17, 15) is 23.3 Å². The average Bonchev–Trinajstić information content (AvgIpc) is 2.67. The topological polar surface area (TPSA) is 101 Å². The Hall–Kier alpha value is -2.78. The summed E-state index contributed by atoms with van der Waals surface area (Å²) < 4.78 is 26.9. The molecule has 0 bridgehead atoms. The van der Waals surface area contributed by atoms with Crippen molar-refractivity contribution in [3.63, 3.8) is 0 Å². The van der Waals surface area contributed by atoms with Crippen molar-refractivity contribution in [2.45, 2.75) is 18.7 Å². The second kappa shape index (κ2) is 7.69. The number of carbonyl (C=O) groups is 1. The lowest BCUT2D eigenvalue weighted by atomic mass is 10.1. The van der Waals surface area contributed by atoms with E-state index in [1.165, 1.54) is 15.3 Å². The third-order valence-electron chi connectivity index (χ3n) is 4.84. The predicted molar refractivity (Wildman–Crippen MR) is 104 cm³/mol. The molecule has 1 fully saturated rings. The van der Waals surface area contributed by atoms with Crippen LogP contribution < -0.4 is 0 Å². The number of carbonyl (C=O) groups excluding carboxylic acids is 1. The lowest BCUT2D eigenvalue weighted by Gasteiger charge is -2.34. The number of piperazine rings is 1. The van der Waals surface area contributed by atoms with E-state index in [4.69, 9.17) is 0 Å². The molecule has 2 aromatic rings. The molecule has 28 heavy (non-hydrogen) atoms. The molecule has 1 amide bonds. The molecule has 1 aliphatic heterocycles. The minimum absolute atomic E-state index is 0.0276. The molecule has 0 aliphatic carbocycles. The number of rotatable bonds is 4. The molecule has 0 N–H and O–H groups in total. The number of hydrogen-bond acceptors (Lipinski definition) is 5. The molecule has 0 aromatic heterocycles. The molecule has 1 saturated heterocycles. The number of hydrogen-bond donors (Lipinski definition) is 0. The van der Waals surface area contributed by atoms with Gasteiger partial charge in [-0.25, -0.2) is 8.42 Å². The van der Waals surface area contributed by atoms with Gasteiger partial charge in [0.1, 0.15) is 5.56 Å². The summed E-state index contributed by atoms with van der Waals surface area (Å²) >= 11 is 0. The monoisotopic (exact) mass is 403 g/mol. The van der Waals surface area contributed by atoms with E-state index < -0.39 is 20.9 Å². The van der Waals surface area contributed by atoms with Crippen molar-refractivity contribution >= 4 is 21.6 Å². The van der Waals surface area contributed by atoms with Crippen LogP contribution in [-0.4, -0.2) is 54.6 Å². The third-order valence-corrected chi connectivity index (χ3v) is 6.75. The highest BCUT2D eigenvalue weighted by atomic mass is 32.2. The smallest absolute Gasteiger partial charge is 0.285 e. The first-order valence-electron chi connectivity index (χ1n) is 8.82. The number of sulfonamides is 1. The van der Waals surface area contributed by atoms with Crippen LogP contribution in [0.15, 0.2) is 47.4 Å². The number of aryl methyl sites for hydroxylation is 2. The summed E-state index contributed by atoms with van der Waals surface area (Å²) in [6.07, 6.45) is 0. The Bertz CT molecular complexity index is 1010. The van der Waals surface area contributed by atoms with Gasteiger partial charge < -0.3 is 4.90 Å². The fourth-order valence-corrected chi connectivity index (χ4v) is 4.66. The Balaban J connectivity index is 1.76. The van der Waals surface area contributed by atoms with Crippen molar-refractivity contribution in [2.24, 2.45) is 0 Å². The Morgan fingerprint density at radius 1 is 1.00 bits per heavy atom. The predicted octanol–water partition coefficient (Wildman–Crippen LogP) is 2.36. The molecule has 0 saturated carbocycles. The van der Waals surface area contributed by atoms with Gasteiger partial charge in [-0.3, -0.25) is 14.9 Å². The molecule has 8 nitrogen and oxygen atoms in total. The lowest BCUT2D eigenvalue weighted by molar-refractivity contribution is -0.385. The molecule has 0 unspecified atom stereocenters. The average molecular weight is 403 g/mol. The van der Waals surface area contributed by atoms with E-state index in [2.05, 4.69) is 0 Å². The highest BCUT2D eigenvalue weighted by Gasteiger charge is 2.32. The van der Waals surface area contributed by atoms with Gasteiger partial charge in [0.2, 0.25) is 10.0 Å². The van der Waals surface area contributed by atoms with Gasteiger partial charge in [0.05, 0.1) is 9.82 Å². The summed E-state index contributed by atoms with van der Waals surface area (Å²) in [7, 11) is -3.63. The molecule has 0 spiro atoms. The molecule has 1 aliphatic rings. The van der Waals surface area contributed by atoms with E-state index in [0.717, 1.165) is 5.56 Å². The summed E-state index contributed by atoms with van der Waals surface area (Å²) in [4.78, 5) is 25.3. The molecular formula is C19H21N3O5S. The summed E-state index contributed by atoms with van der Waals surface area (Å²) in [5.41, 5.74) is 1.20. The van der Waals surface area contributed by atoms with Gasteiger partial charge in [-0.1, -0.05) is 29.8 Å². The van der Waals surface area contributed by atoms with Gasteiger partial charge >= 0.3 is 0 Å². The number of nitrogens with zero attached hydrogens (tertiary/aromatic N) is 3. The maximum absolute atomic E-state index is 12.8. The maximum Gasteiger partial charge on any atom is 0.285 e. The van der Waals surface area contributed by atoms with Gasteiger partial charge in [0, 0.05) is 31.7 Å². The van der Waals surface area contributed by atoms with E-state index in [-0.39, 0.29) is 42.3 Å². The summed E-state index contributed by atoms with van der Waals surface area (Å²) in [6.45, 7) is 4.10. The molecule has 9 heteroatoms. The van der Waals surface area contributed by atoms with Gasteiger partial charge in [0.25, 0.3) is 11.6 Å². The second-order valence-electron chi connectivity index (χ2n) is 6.74. The third kappa shape index (κ3) is 3.76. The van der Waals surface area contributed by atoms with Gasteiger partial charge in [0.15, 0.2) is 0 Å². The molecule has 3 rings (SSSR count). The van der Waals surface area contributed by atoms with Crippen molar-refractivity contribution in [3.05, 3.63) is 69.3 Å². The minimum atomic E-state index is -3.63. The summed E-state index contributed by atoms with van der Waals surface area (Å²) in [5, 5.41) is 11.3. The van der Waals surface area contributed by atoms with Crippen molar-refractivity contribution in [3.8, 4) is 0 Å². The van der Waals surface area contributed by atoms with E-state index in [0.29, 0.717) is 5.56 Å². The van der Waals surface area contributed by atoms with Crippen molar-refractivity contribution in [2.75, 3.05) is 26.2 Å². The number of benzene rings is 2. The Kier molecular flexibility index (Phi) is 5.48. The van der Waals surface area contributed by atoms with E-state index in [1.807, 2.05) is 6.92 Å². The highest BCUT2D eigenvalue weighted by Crippen LogP contribution is 2.25. The van der Waals surface area contributed by atoms with Crippen LogP contribution in [0.3, 0.4) is 0 Å². The quantitative estimate of drug-likeness (QED) is 0.576. The fraction of sp³-hybridized carbons (Fsp3) is 0.316. The normalized spacial score (nSPS) is 15.4. The molecular weight excluding hydrogens is 382 g/mol. The maximum atomic E-state index is 12.8. The number of para-hydroxylation sites is 1. The number of nitro groups is 1. The Morgan fingerprint density at radius 3 is 2.18 bits per heavy atom.